The summed E-state index contributed by atoms with van der Waals surface area (Å²) >= 11 is 0. The van der Waals surface area contributed by atoms with Crippen molar-refractivity contribution in [3.8, 4) is 5.75 Å². The van der Waals surface area contributed by atoms with Gasteiger partial charge in [-0.25, -0.2) is 4.79 Å². The lowest BCUT2D eigenvalue weighted by atomic mass is 10.3. The highest BCUT2D eigenvalue weighted by molar-refractivity contribution is 5.92. The van der Waals surface area contributed by atoms with Crippen LogP contribution in [0.1, 0.15) is 10.5 Å². The summed E-state index contributed by atoms with van der Waals surface area (Å²) in [5, 5.41) is 0. The number of amides is 1. The zero-order chi connectivity index (χ0) is 14.2. The molecule has 0 unspecified atom stereocenters. The summed E-state index contributed by atoms with van der Waals surface area (Å²) in [6.07, 6.45) is 1.47. The molecule has 0 aliphatic heterocycles. The summed E-state index contributed by atoms with van der Waals surface area (Å²) in [6.45, 7) is -0.299. The van der Waals surface area contributed by atoms with Crippen LogP contribution in [-0.2, 0) is 9.63 Å². The Hall–Kier alpha value is -2.89. The molecule has 1 N–H and O–H groups in total. The molecule has 0 spiro atoms. The number of hydrogen-bond acceptors (Lipinski definition) is 5. The van der Waals surface area contributed by atoms with Crippen LogP contribution in [0.5, 0.6) is 5.75 Å². The molecular weight excluding hydrogens is 260 g/mol. The average molecular weight is 272 g/mol. The lowest BCUT2D eigenvalue weighted by Gasteiger charge is -2.06. The average Bonchev–Trinajstić information content (AvgIpc) is 2.52. The first-order valence-electron chi connectivity index (χ1n) is 5.84. The van der Waals surface area contributed by atoms with Gasteiger partial charge >= 0.3 is 11.9 Å². The van der Waals surface area contributed by atoms with Crippen LogP contribution in [0.15, 0.2) is 54.7 Å². The van der Waals surface area contributed by atoms with Crippen LogP contribution in [0.4, 0.5) is 0 Å². The molecule has 6 nitrogen and oxygen atoms in total. The molecule has 102 valence electrons. The predicted molar refractivity (Wildman–Crippen MR) is 69.7 cm³/mol. The molecule has 0 saturated heterocycles. The van der Waals surface area contributed by atoms with Crippen molar-refractivity contribution in [3.05, 3.63) is 60.4 Å². The quantitative estimate of drug-likeness (QED) is 0.850. The molecule has 2 rings (SSSR count). The van der Waals surface area contributed by atoms with Gasteiger partial charge in [0.1, 0.15) is 11.4 Å². The molecule has 1 aromatic heterocycles. The minimum atomic E-state index is -0.710. The molecule has 1 heterocycles. The van der Waals surface area contributed by atoms with Crippen molar-refractivity contribution >= 4 is 11.9 Å². The Morgan fingerprint density at radius 3 is 2.50 bits per heavy atom. The number of pyridine rings is 1. The van der Waals surface area contributed by atoms with Crippen LogP contribution in [0.3, 0.4) is 0 Å². The Balaban J connectivity index is 1.74. The minimum Gasteiger partial charge on any atom is -0.482 e. The second-order valence-corrected chi connectivity index (χ2v) is 3.72. The third-order valence-corrected chi connectivity index (χ3v) is 2.25. The highest BCUT2D eigenvalue weighted by Crippen LogP contribution is 2.07. The number of nitrogens with zero attached hydrogens (tertiary/aromatic N) is 1. The van der Waals surface area contributed by atoms with E-state index in [9.17, 15) is 9.59 Å². The number of hydrogen-bond donors (Lipinski definition) is 1. The van der Waals surface area contributed by atoms with Crippen LogP contribution >= 0.6 is 0 Å². The summed E-state index contributed by atoms with van der Waals surface area (Å²) in [6, 6.07) is 13.6. The second-order valence-electron chi connectivity index (χ2n) is 3.72. The third kappa shape index (κ3) is 4.09. The summed E-state index contributed by atoms with van der Waals surface area (Å²) in [5.74, 6) is -0.766. The van der Waals surface area contributed by atoms with Gasteiger partial charge in [0.05, 0.1) is 0 Å². The first-order valence-corrected chi connectivity index (χ1v) is 5.84. The number of nitrogens with one attached hydrogen (secondary N) is 1. The van der Waals surface area contributed by atoms with Gasteiger partial charge in [-0.15, -0.1) is 0 Å². The second kappa shape index (κ2) is 6.89. The molecule has 1 amide bonds. The van der Waals surface area contributed by atoms with Crippen LogP contribution in [-0.4, -0.2) is 23.5 Å². The van der Waals surface area contributed by atoms with Gasteiger partial charge in [-0.1, -0.05) is 24.3 Å². The molecule has 2 aromatic rings. The van der Waals surface area contributed by atoms with Crippen molar-refractivity contribution in [2.45, 2.75) is 0 Å². The largest absolute Gasteiger partial charge is 0.482 e. The third-order valence-electron chi connectivity index (χ3n) is 2.25. The fraction of sp³-hybridized carbons (Fsp3) is 0.0714. The highest BCUT2D eigenvalue weighted by Gasteiger charge is 2.10. The number of ether oxygens (including phenoxy) is 1. The van der Waals surface area contributed by atoms with Gasteiger partial charge in [0, 0.05) is 6.20 Å². The number of rotatable bonds is 4. The van der Waals surface area contributed by atoms with E-state index in [4.69, 9.17) is 4.74 Å². The monoisotopic (exact) mass is 272 g/mol. The molecule has 0 aliphatic rings. The van der Waals surface area contributed by atoms with E-state index in [0.717, 1.165) is 0 Å². The van der Waals surface area contributed by atoms with Gasteiger partial charge in [0.25, 0.3) is 0 Å². The Morgan fingerprint density at radius 2 is 1.80 bits per heavy atom. The van der Waals surface area contributed by atoms with Gasteiger partial charge in [-0.05, 0) is 24.3 Å². The van der Waals surface area contributed by atoms with Crippen molar-refractivity contribution in [1.82, 2.24) is 10.5 Å². The molecule has 6 heteroatoms. The van der Waals surface area contributed by atoms with Crippen molar-refractivity contribution in [2.24, 2.45) is 0 Å². The number of hydroxylamine groups is 1. The van der Waals surface area contributed by atoms with E-state index in [1.54, 1.807) is 36.4 Å². The molecule has 20 heavy (non-hydrogen) atoms. The zero-order valence-electron chi connectivity index (χ0n) is 10.5. The summed E-state index contributed by atoms with van der Waals surface area (Å²) in [4.78, 5) is 31.3. The molecule has 0 radical (unpaired) electrons. The van der Waals surface area contributed by atoms with Gasteiger partial charge in [-0.3, -0.25) is 9.78 Å². The Morgan fingerprint density at radius 1 is 1.05 bits per heavy atom. The van der Waals surface area contributed by atoms with Gasteiger partial charge in [0.2, 0.25) is 0 Å². The molecule has 0 atom stereocenters. The van der Waals surface area contributed by atoms with Crippen molar-refractivity contribution in [3.63, 3.8) is 0 Å². The van der Waals surface area contributed by atoms with E-state index in [1.807, 2.05) is 11.5 Å². The number of benzene rings is 1. The molecular formula is C14H12N2O4. The first-order chi connectivity index (χ1) is 9.75. The molecule has 0 aliphatic carbocycles. The normalized spacial score (nSPS) is 9.60. The number of carbonyl (C=O) groups excluding carboxylic acids is 2. The maximum absolute atomic E-state index is 11.5. The summed E-state index contributed by atoms with van der Waals surface area (Å²) < 4.78 is 5.16. The van der Waals surface area contributed by atoms with E-state index < -0.39 is 11.9 Å². The van der Waals surface area contributed by atoms with E-state index in [2.05, 4.69) is 9.82 Å². The van der Waals surface area contributed by atoms with E-state index in [1.165, 1.54) is 12.3 Å². The van der Waals surface area contributed by atoms with E-state index >= 15 is 0 Å². The SMILES string of the molecule is O=C(COc1ccccc1)ONC(=O)c1ccccn1. The topological polar surface area (TPSA) is 77.5 Å². The van der Waals surface area contributed by atoms with Gasteiger partial charge < -0.3 is 9.57 Å². The lowest BCUT2D eigenvalue weighted by Crippen LogP contribution is -2.30. The smallest absolute Gasteiger partial charge is 0.369 e. The van der Waals surface area contributed by atoms with Crippen molar-refractivity contribution in [1.29, 1.82) is 0 Å². The standard InChI is InChI=1S/C14H12N2O4/c17-13(10-19-11-6-2-1-3-7-11)20-16-14(18)12-8-4-5-9-15-12/h1-9H,10H2,(H,16,18). The minimum absolute atomic E-state index is 0.157. The fourth-order valence-electron chi connectivity index (χ4n) is 1.34. The Labute approximate surface area is 115 Å². The molecule has 0 saturated carbocycles. The maximum Gasteiger partial charge on any atom is 0.369 e. The van der Waals surface area contributed by atoms with Crippen molar-refractivity contribution < 1.29 is 19.2 Å². The van der Waals surface area contributed by atoms with Gasteiger partial charge in [-0.2, -0.15) is 5.48 Å². The Bertz CT molecular complexity index is 572. The highest BCUT2D eigenvalue weighted by atomic mass is 16.7. The van der Waals surface area contributed by atoms with Crippen molar-refractivity contribution in [2.75, 3.05) is 6.61 Å². The summed E-state index contributed by atoms with van der Waals surface area (Å²) in [7, 11) is 0. The maximum atomic E-state index is 11.5. The van der Waals surface area contributed by atoms with E-state index in [0.29, 0.717) is 5.75 Å². The molecule has 0 fully saturated rings. The lowest BCUT2D eigenvalue weighted by molar-refractivity contribution is -0.151. The predicted octanol–water partition coefficient (Wildman–Crippen LogP) is 1.35. The van der Waals surface area contributed by atoms with Gasteiger partial charge in [0.15, 0.2) is 6.61 Å². The molecule has 1 aromatic carbocycles. The number of para-hydroxylation sites is 1. The first kappa shape index (κ1) is 13.5. The number of carbonyl (C=O) groups is 2. The fourth-order valence-corrected chi connectivity index (χ4v) is 1.34. The van der Waals surface area contributed by atoms with Crippen LogP contribution in [0, 0.1) is 0 Å². The van der Waals surface area contributed by atoms with Crippen LogP contribution in [0.2, 0.25) is 0 Å². The number of aromatic nitrogens is 1. The Kier molecular flexibility index (Phi) is 4.66. The summed E-state index contributed by atoms with van der Waals surface area (Å²) in [5.41, 5.74) is 2.16. The molecule has 0 bridgehead atoms. The van der Waals surface area contributed by atoms with E-state index in [-0.39, 0.29) is 12.3 Å². The zero-order valence-corrected chi connectivity index (χ0v) is 10.5. The van der Waals surface area contributed by atoms with Crippen LogP contribution in [0.25, 0.3) is 0 Å². The van der Waals surface area contributed by atoms with Crippen LogP contribution < -0.4 is 10.2 Å².